The lowest BCUT2D eigenvalue weighted by molar-refractivity contribution is 0.299. The SMILES string of the molecule is CC1(C)c2ccccc2-c2ccc(-c3nc4ccccc4nc3-c3ccc4c(c3)oc3ccccc34)cc2C1(C)C. The number of hydrogen-bond acceptors (Lipinski definition) is 3. The van der Waals surface area contributed by atoms with E-state index in [-0.39, 0.29) is 10.8 Å². The Hall–Kier alpha value is -4.76. The number of para-hydroxylation sites is 3. The summed E-state index contributed by atoms with van der Waals surface area (Å²) in [5.41, 5.74) is 12.5. The molecular formula is C38H30N2O. The molecule has 1 aliphatic carbocycles. The predicted molar refractivity (Wildman–Crippen MR) is 169 cm³/mol. The van der Waals surface area contributed by atoms with Gasteiger partial charge >= 0.3 is 0 Å². The van der Waals surface area contributed by atoms with Crippen molar-refractivity contribution >= 4 is 33.0 Å². The van der Waals surface area contributed by atoms with Crippen LogP contribution in [0.1, 0.15) is 38.8 Å². The zero-order chi connectivity index (χ0) is 27.9. The largest absolute Gasteiger partial charge is 0.456 e. The second-order valence-corrected chi connectivity index (χ2v) is 12.3. The molecule has 5 aromatic carbocycles. The highest BCUT2D eigenvalue weighted by Crippen LogP contribution is 2.54. The van der Waals surface area contributed by atoms with Crippen LogP contribution < -0.4 is 0 Å². The summed E-state index contributed by atoms with van der Waals surface area (Å²) in [7, 11) is 0. The van der Waals surface area contributed by atoms with Crippen LogP contribution in [0, 0.1) is 0 Å². The van der Waals surface area contributed by atoms with E-state index < -0.39 is 0 Å². The maximum absolute atomic E-state index is 6.26. The molecule has 0 bridgehead atoms. The first-order valence-electron chi connectivity index (χ1n) is 14.3. The van der Waals surface area contributed by atoms with E-state index in [1.54, 1.807) is 0 Å². The Morgan fingerprint density at radius 3 is 1.83 bits per heavy atom. The number of aromatic nitrogens is 2. The fourth-order valence-electron chi connectivity index (χ4n) is 6.66. The first-order valence-corrected chi connectivity index (χ1v) is 14.3. The smallest absolute Gasteiger partial charge is 0.136 e. The molecule has 0 unspecified atom stereocenters. The summed E-state index contributed by atoms with van der Waals surface area (Å²) in [4.78, 5) is 10.4. The van der Waals surface area contributed by atoms with Crippen molar-refractivity contribution in [1.29, 1.82) is 0 Å². The van der Waals surface area contributed by atoms with Crippen molar-refractivity contribution in [3.05, 3.63) is 120 Å². The first kappa shape index (κ1) is 24.1. The summed E-state index contributed by atoms with van der Waals surface area (Å²) in [5.74, 6) is 0. The van der Waals surface area contributed by atoms with Crippen LogP contribution in [-0.4, -0.2) is 9.97 Å². The number of furan rings is 1. The van der Waals surface area contributed by atoms with Crippen molar-refractivity contribution in [3.63, 3.8) is 0 Å². The molecule has 3 heteroatoms. The van der Waals surface area contributed by atoms with Gasteiger partial charge in [0.25, 0.3) is 0 Å². The van der Waals surface area contributed by atoms with Crippen molar-refractivity contribution in [1.82, 2.24) is 9.97 Å². The van der Waals surface area contributed by atoms with Gasteiger partial charge in [0.2, 0.25) is 0 Å². The standard InChI is InChI=1S/C38H30N2O/c1-37(2)29-13-7-5-11-25(29)26-19-17-23(21-30(26)38(37,3)4)35-36(40-32-15-9-8-14-31(32)39-35)24-18-20-28-27-12-6-10-16-33(27)41-34(28)22-24/h5-22H,1-4H3. The molecular weight excluding hydrogens is 500 g/mol. The number of nitrogens with zero attached hydrogens (tertiary/aromatic N) is 2. The van der Waals surface area contributed by atoms with Crippen LogP contribution in [-0.2, 0) is 10.8 Å². The van der Waals surface area contributed by atoms with E-state index in [0.717, 1.165) is 55.5 Å². The molecule has 0 aliphatic heterocycles. The van der Waals surface area contributed by atoms with E-state index in [1.165, 1.54) is 22.3 Å². The number of fused-ring (bicyclic) bond motifs is 7. The van der Waals surface area contributed by atoms with Crippen LogP contribution in [0.15, 0.2) is 114 Å². The fourth-order valence-corrected chi connectivity index (χ4v) is 6.66. The van der Waals surface area contributed by atoms with Gasteiger partial charge in [0.1, 0.15) is 11.2 Å². The second kappa shape index (κ2) is 8.37. The van der Waals surface area contributed by atoms with Gasteiger partial charge in [0, 0.05) is 21.9 Å². The van der Waals surface area contributed by atoms with E-state index >= 15 is 0 Å². The zero-order valence-electron chi connectivity index (χ0n) is 23.7. The maximum atomic E-state index is 6.26. The Kier molecular flexibility index (Phi) is 4.92. The normalized spacial score (nSPS) is 15.2. The Morgan fingerprint density at radius 2 is 1.05 bits per heavy atom. The summed E-state index contributed by atoms with van der Waals surface area (Å²) >= 11 is 0. The highest BCUT2D eigenvalue weighted by molar-refractivity contribution is 6.06. The molecule has 0 amide bonds. The number of hydrogen-bond donors (Lipinski definition) is 0. The molecule has 1 aliphatic rings. The minimum atomic E-state index is -0.0929. The van der Waals surface area contributed by atoms with Gasteiger partial charge in [-0.1, -0.05) is 100 Å². The third kappa shape index (κ3) is 3.39. The second-order valence-electron chi connectivity index (χ2n) is 12.3. The lowest BCUT2D eigenvalue weighted by Crippen LogP contribution is -2.43. The molecule has 0 fully saturated rings. The quantitative estimate of drug-likeness (QED) is 0.223. The average Bonchev–Trinajstić information content (AvgIpc) is 3.37. The van der Waals surface area contributed by atoms with Gasteiger partial charge in [-0.25, -0.2) is 9.97 Å². The summed E-state index contributed by atoms with van der Waals surface area (Å²) in [5, 5.41) is 2.23. The maximum Gasteiger partial charge on any atom is 0.136 e. The van der Waals surface area contributed by atoms with E-state index in [2.05, 4.69) is 100 Å². The topological polar surface area (TPSA) is 38.9 Å². The molecule has 41 heavy (non-hydrogen) atoms. The van der Waals surface area contributed by atoms with Gasteiger partial charge in [-0.15, -0.1) is 0 Å². The summed E-state index contributed by atoms with van der Waals surface area (Å²) < 4.78 is 6.26. The Balaban J connectivity index is 1.38. The molecule has 0 saturated heterocycles. The molecule has 7 aromatic rings. The molecule has 0 spiro atoms. The van der Waals surface area contributed by atoms with E-state index in [1.807, 2.05) is 36.4 Å². The molecule has 0 N–H and O–H groups in total. The van der Waals surface area contributed by atoms with Gasteiger partial charge < -0.3 is 4.42 Å². The van der Waals surface area contributed by atoms with Crippen LogP contribution in [0.5, 0.6) is 0 Å². The summed E-state index contributed by atoms with van der Waals surface area (Å²) in [6.07, 6.45) is 0. The summed E-state index contributed by atoms with van der Waals surface area (Å²) in [6.45, 7) is 9.47. The van der Waals surface area contributed by atoms with E-state index in [9.17, 15) is 0 Å². The van der Waals surface area contributed by atoms with Crippen molar-refractivity contribution < 1.29 is 4.42 Å². The molecule has 198 valence electrons. The molecule has 0 saturated carbocycles. The third-order valence-electron chi connectivity index (χ3n) is 9.64. The highest BCUT2D eigenvalue weighted by atomic mass is 16.3. The molecule has 8 rings (SSSR count). The van der Waals surface area contributed by atoms with Crippen LogP contribution in [0.4, 0.5) is 0 Å². The molecule has 2 aromatic heterocycles. The third-order valence-corrected chi connectivity index (χ3v) is 9.64. The van der Waals surface area contributed by atoms with Crippen LogP contribution in [0.2, 0.25) is 0 Å². The fraction of sp³-hybridized carbons (Fsp3) is 0.158. The average molecular weight is 531 g/mol. The van der Waals surface area contributed by atoms with E-state index in [0.29, 0.717) is 0 Å². The van der Waals surface area contributed by atoms with Crippen LogP contribution in [0.3, 0.4) is 0 Å². The van der Waals surface area contributed by atoms with Gasteiger partial charge in [-0.05, 0) is 69.5 Å². The molecule has 0 atom stereocenters. The Labute approximate surface area is 239 Å². The highest BCUT2D eigenvalue weighted by Gasteiger charge is 2.45. The minimum Gasteiger partial charge on any atom is -0.456 e. The van der Waals surface area contributed by atoms with Crippen LogP contribution in [0.25, 0.3) is 66.6 Å². The predicted octanol–water partition coefficient (Wildman–Crippen LogP) is 10.1. The van der Waals surface area contributed by atoms with Gasteiger partial charge in [0.05, 0.1) is 22.4 Å². The Morgan fingerprint density at radius 1 is 0.488 bits per heavy atom. The van der Waals surface area contributed by atoms with Crippen molar-refractivity contribution in [3.8, 4) is 33.6 Å². The van der Waals surface area contributed by atoms with Crippen molar-refractivity contribution in [2.24, 2.45) is 0 Å². The van der Waals surface area contributed by atoms with Crippen LogP contribution >= 0.6 is 0 Å². The molecule has 0 radical (unpaired) electrons. The lowest BCUT2D eigenvalue weighted by atomic mass is 9.55. The molecule has 3 nitrogen and oxygen atoms in total. The zero-order valence-corrected chi connectivity index (χ0v) is 23.7. The van der Waals surface area contributed by atoms with Gasteiger partial charge in [0.15, 0.2) is 0 Å². The minimum absolute atomic E-state index is 0.0422. The van der Waals surface area contributed by atoms with Gasteiger partial charge in [-0.3, -0.25) is 0 Å². The van der Waals surface area contributed by atoms with Crippen molar-refractivity contribution in [2.45, 2.75) is 38.5 Å². The van der Waals surface area contributed by atoms with E-state index in [4.69, 9.17) is 14.4 Å². The molecule has 2 heterocycles. The summed E-state index contributed by atoms with van der Waals surface area (Å²) in [6, 6.07) is 38.4. The Bertz CT molecular complexity index is 2170. The number of rotatable bonds is 2. The monoisotopic (exact) mass is 530 g/mol. The van der Waals surface area contributed by atoms with Crippen molar-refractivity contribution in [2.75, 3.05) is 0 Å². The lowest BCUT2D eigenvalue weighted by Gasteiger charge is -2.48. The number of benzene rings is 5. The first-order chi connectivity index (χ1) is 19.8. The van der Waals surface area contributed by atoms with Gasteiger partial charge in [-0.2, -0.15) is 0 Å².